The first-order valence-corrected chi connectivity index (χ1v) is 7.32. The Bertz CT molecular complexity index is 453. The third-order valence-corrected chi connectivity index (χ3v) is 3.74. The molecule has 0 aromatic heterocycles. The van der Waals surface area contributed by atoms with E-state index < -0.39 is 12.2 Å². The van der Waals surface area contributed by atoms with E-state index >= 15 is 0 Å². The minimum Gasteiger partial charge on any atom is -0.481 e. The Balaban J connectivity index is 1.96. The van der Waals surface area contributed by atoms with Crippen molar-refractivity contribution in [2.24, 2.45) is 0 Å². The largest absolute Gasteiger partial charge is 0.481 e. The van der Waals surface area contributed by atoms with Crippen LogP contribution in [0.3, 0.4) is 0 Å². The number of nitrogens with one attached hydrogen (secondary N) is 1. The van der Waals surface area contributed by atoms with Crippen LogP contribution in [0.15, 0.2) is 24.3 Å². The second-order valence-electron chi connectivity index (χ2n) is 5.46. The van der Waals surface area contributed by atoms with Crippen LogP contribution in [0.1, 0.15) is 51.2 Å². The molecule has 2 atom stereocenters. The molecule has 110 valence electrons. The van der Waals surface area contributed by atoms with Crippen molar-refractivity contribution >= 4 is 5.91 Å². The van der Waals surface area contributed by atoms with E-state index in [1.165, 1.54) is 12.8 Å². The number of aliphatic hydroxyl groups is 1. The van der Waals surface area contributed by atoms with Crippen LogP contribution in [0.5, 0.6) is 5.75 Å². The smallest absolute Gasteiger partial charge is 0.260 e. The van der Waals surface area contributed by atoms with Gasteiger partial charge in [0.1, 0.15) is 5.75 Å². The van der Waals surface area contributed by atoms with E-state index in [0.717, 1.165) is 12.8 Å². The molecule has 1 aliphatic carbocycles. The number of ether oxygens (including phenoxy) is 1. The minimum absolute atomic E-state index is 0.0858. The first-order valence-electron chi connectivity index (χ1n) is 7.32. The molecule has 0 spiro atoms. The lowest BCUT2D eigenvalue weighted by atomic mass is 10.1. The van der Waals surface area contributed by atoms with Gasteiger partial charge >= 0.3 is 0 Å². The molecule has 0 bridgehead atoms. The topological polar surface area (TPSA) is 58.6 Å². The molecule has 1 amide bonds. The number of rotatable bonds is 5. The predicted octanol–water partition coefficient (Wildman–Crippen LogP) is 2.57. The SMILES string of the molecule is CC(Oc1ccccc1[C@H](C)O)C(=O)NC1CCCC1. The molecule has 0 saturated heterocycles. The van der Waals surface area contributed by atoms with Crippen LogP contribution >= 0.6 is 0 Å². The lowest BCUT2D eigenvalue weighted by Gasteiger charge is -2.20. The summed E-state index contributed by atoms with van der Waals surface area (Å²) >= 11 is 0. The van der Waals surface area contributed by atoms with Gasteiger partial charge in [-0.25, -0.2) is 0 Å². The number of carbonyl (C=O) groups excluding carboxylic acids is 1. The van der Waals surface area contributed by atoms with Crippen molar-refractivity contribution in [3.8, 4) is 5.75 Å². The van der Waals surface area contributed by atoms with Gasteiger partial charge in [0.05, 0.1) is 6.10 Å². The predicted molar refractivity (Wildman–Crippen MR) is 77.6 cm³/mol. The second-order valence-corrected chi connectivity index (χ2v) is 5.46. The van der Waals surface area contributed by atoms with Gasteiger partial charge in [0.15, 0.2) is 6.10 Å². The lowest BCUT2D eigenvalue weighted by Crippen LogP contribution is -2.41. The van der Waals surface area contributed by atoms with E-state index in [2.05, 4.69) is 5.32 Å². The average molecular weight is 277 g/mol. The van der Waals surface area contributed by atoms with Crippen LogP contribution in [0.4, 0.5) is 0 Å². The fraction of sp³-hybridized carbons (Fsp3) is 0.562. The van der Waals surface area contributed by atoms with Crippen LogP contribution in [0, 0.1) is 0 Å². The molecule has 4 nitrogen and oxygen atoms in total. The van der Waals surface area contributed by atoms with Gasteiger partial charge in [0.25, 0.3) is 5.91 Å². The monoisotopic (exact) mass is 277 g/mol. The van der Waals surface area contributed by atoms with Crippen LogP contribution in [0.2, 0.25) is 0 Å². The molecule has 1 fully saturated rings. The first-order chi connectivity index (χ1) is 9.58. The summed E-state index contributed by atoms with van der Waals surface area (Å²) in [6, 6.07) is 7.56. The number of hydrogen-bond acceptors (Lipinski definition) is 3. The molecule has 2 rings (SSSR count). The quantitative estimate of drug-likeness (QED) is 0.869. The van der Waals surface area contributed by atoms with Crippen molar-refractivity contribution in [2.75, 3.05) is 0 Å². The highest BCUT2D eigenvalue weighted by Gasteiger charge is 2.22. The Labute approximate surface area is 120 Å². The number of hydrogen-bond donors (Lipinski definition) is 2. The van der Waals surface area contributed by atoms with Crippen molar-refractivity contribution in [3.05, 3.63) is 29.8 Å². The van der Waals surface area contributed by atoms with Gasteiger partial charge in [0.2, 0.25) is 0 Å². The zero-order valence-corrected chi connectivity index (χ0v) is 12.1. The van der Waals surface area contributed by atoms with E-state index in [4.69, 9.17) is 4.74 Å². The number of carbonyl (C=O) groups is 1. The summed E-state index contributed by atoms with van der Waals surface area (Å²) < 4.78 is 5.71. The molecule has 1 saturated carbocycles. The molecule has 1 unspecified atom stereocenters. The maximum atomic E-state index is 12.1. The van der Waals surface area contributed by atoms with Gasteiger partial charge < -0.3 is 15.2 Å². The zero-order chi connectivity index (χ0) is 14.5. The third-order valence-electron chi connectivity index (χ3n) is 3.74. The van der Waals surface area contributed by atoms with Crippen molar-refractivity contribution < 1.29 is 14.6 Å². The van der Waals surface area contributed by atoms with E-state index in [1.54, 1.807) is 19.9 Å². The third kappa shape index (κ3) is 3.73. The minimum atomic E-state index is -0.615. The maximum Gasteiger partial charge on any atom is 0.260 e. The molecular formula is C16H23NO3. The van der Waals surface area contributed by atoms with Gasteiger partial charge in [-0.1, -0.05) is 31.0 Å². The molecule has 1 aromatic rings. The maximum absolute atomic E-state index is 12.1. The van der Waals surface area contributed by atoms with Crippen LogP contribution in [-0.2, 0) is 4.79 Å². The van der Waals surface area contributed by atoms with Gasteiger partial charge in [-0.2, -0.15) is 0 Å². The molecule has 1 aliphatic rings. The molecule has 4 heteroatoms. The van der Waals surface area contributed by atoms with Crippen molar-refractivity contribution in [3.63, 3.8) is 0 Å². The highest BCUT2D eigenvalue weighted by molar-refractivity contribution is 5.81. The summed E-state index contributed by atoms with van der Waals surface area (Å²) in [7, 11) is 0. The van der Waals surface area contributed by atoms with Gasteiger partial charge in [-0.3, -0.25) is 4.79 Å². The van der Waals surface area contributed by atoms with E-state index in [1.807, 2.05) is 18.2 Å². The summed E-state index contributed by atoms with van der Waals surface area (Å²) in [5.41, 5.74) is 0.702. The summed E-state index contributed by atoms with van der Waals surface area (Å²) in [5.74, 6) is 0.480. The number of para-hydroxylation sites is 1. The van der Waals surface area contributed by atoms with Gasteiger partial charge in [0, 0.05) is 11.6 Å². The van der Waals surface area contributed by atoms with E-state index in [9.17, 15) is 9.90 Å². The van der Waals surface area contributed by atoms with Gasteiger partial charge in [-0.05, 0) is 32.8 Å². The molecular weight excluding hydrogens is 254 g/mol. The summed E-state index contributed by atoms with van der Waals surface area (Å²) in [6.07, 6.45) is 3.31. The molecule has 2 N–H and O–H groups in total. The Morgan fingerprint density at radius 3 is 2.60 bits per heavy atom. The van der Waals surface area contributed by atoms with Crippen LogP contribution in [-0.4, -0.2) is 23.2 Å². The molecule has 0 aliphatic heterocycles. The van der Waals surface area contributed by atoms with Crippen LogP contribution < -0.4 is 10.1 Å². The molecule has 1 aromatic carbocycles. The van der Waals surface area contributed by atoms with Gasteiger partial charge in [-0.15, -0.1) is 0 Å². The second kappa shape index (κ2) is 6.75. The fourth-order valence-corrected chi connectivity index (χ4v) is 2.57. The van der Waals surface area contributed by atoms with E-state index in [0.29, 0.717) is 17.4 Å². The highest BCUT2D eigenvalue weighted by atomic mass is 16.5. The first kappa shape index (κ1) is 14.9. The normalized spacial score (nSPS) is 18.6. The lowest BCUT2D eigenvalue weighted by molar-refractivity contribution is -0.128. The van der Waals surface area contributed by atoms with Crippen molar-refractivity contribution in [1.82, 2.24) is 5.32 Å². The standard InChI is InChI=1S/C16H23NO3/c1-11(18)14-9-5-6-10-15(14)20-12(2)16(19)17-13-7-3-4-8-13/h5-6,9-13,18H,3-4,7-8H2,1-2H3,(H,17,19)/t11-,12?/m0/s1. The molecule has 0 radical (unpaired) electrons. The Hall–Kier alpha value is -1.55. The average Bonchev–Trinajstić information content (AvgIpc) is 2.91. The Morgan fingerprint density at radius 2 is 1.95 bits per heavy atom. The molecule has 0 heterocycles. The summed E-state index contributed by atoms with van der Waals surface area (Å²) in [4.78, 5) is 12.1. The Morgan fingerprint density at radius 1 is 1.30 bits per heavy atom. The van der Waals surface area contributed by atoms with Crippen LogP contribution in [0.25, 0.3) is 0 Å². The number of benzene rings is 1. The Kier molecular flexibility index (Phi) is 5.01. The number of amides is 1. The highest BCUT2D eigenvalue weighted by Crippen LogP contribution is 2.25. The summed E-state index contributed by atoms with van der Waals surface area (Å²) in [5, 5.41) is 12.7. The zero-order valence-electron chi connectivity index (χ0n) is 12.1. The number of aliphatic hydroxyl groups excluding tert-OH is 1. The molecule has 20 heavy (non-hydrogen) atoms. The summed E-state index contributed by atoms with van der Waals surface area (Å²) in [6.45, 7) is 3.43. The fourth-order valence-electron chi connectivity index (χ4n) is 2.57. The van der Waals surface area contributed by atoms with Crippen molar-refractivity contribution in [2.45, 2.75) is 57.8 Å². The van der Waals surface area contributed by atoms with E-state index in [-0.39, 0.29) is 5.91 Å². The van der Waals surface area contributed by atoms with Crippen molar-refractivity contribution in [1.29, 1.82) is 0 Å².